The van der Waals surface area contributed by atoms with Gasteiger partial charge in [-0.3, -0.25) is 0 Å². The normalized spacial score (nSPS) is 22.1. The highest BCUT2D eigenvalue weighted by Crippen LogP contribution is 2.40. The maximum atomic E-state index is 9.87. The van der Waals surface area contributed by atoms with Gasteiger partial charge in [-0.1, -0.05) is 31.2 Å². The van der Waals surface area contributed by atoms with Gasteiger partial charge in [0.1, 0.15) is 35.9 Å². The van der Waals surface area contributed by atoms with E-state index in [1.165, 1.54) is 0 Å². The van der Waals surface area contributed by atoms with E-state index in [9.17, 15) is 10.5 Å². The smallest absolute Gasteiger partial charge is 0.234 e. The first kappa shape index (κ1) is 18.6. The summed E-state index contributed by atoms with van der Waals surface area (Å²) >= 11 is 0. The Kier molecular flexibility index (Phi) is 4.97. The number of aromatic nitrogens is 1. The van der Waals surface area contributed by atoms with Gasteiger partial charge in [0.2, 0.25) is 12.7 Å². The molecule has 1 aromatic heterocycles. The maximum Gasteiger partial charge on any atom is 0.234 e. The summed E-state index contributed by atoms with van der Waals surface area (Å²) in [5, 5.41) is 19.5. The summed E-state index contributed by atoms with van der Waals surface area (Å²) in [5.74, 6) is 1.77. The third-order valence-electron chi connectivity index (χ3n) is 5.18. The van der Waals surface area contributed by atoms with Crippen molar-refractivity contribution in [3.05, 3.63) is 64.2 Å². The largest absolute Gasteiger partial charge is 0.472 e. The Morgan fingerprint density at radius 1 is 1.21 bits per heavy atom. The maximum absolute atomic E-state index is 9.87. The highest BCUT2D eigenvalue weighted by Gasteiger charge is 2.30. The number of ether oxygens (including phenoxy) is 3. The monoisotopic (exact) mass is 388 g/mol. The van der Waals surface area contributed by atoms with E-state index < -0.39 is 0 Å². The minimum absolute atomic E-state index is 0.0548. The van der Waals surface area contributed by atoms with Crippen molar-refractivity contribution in [1.29, 1.82) is 10.5 Å². The molecule has 0 amide bonds. The molecular formula is C22H20N4O3. The molecule has 2 N–H and O–H groups in total. The molecule has 3 aliphatic rings. The number of anilines is 1. The van der Waals surface area contributed by atoms with Crippen molar-refractivity contribution >= 4 is 5.82 Å². The Morgan fingerprint density at radius 2 is 2.03 bits per heavy atom. The molecule has 0 saturated heterocycles. The zero-order valence-corrected chi connectivity index (χ0v) is 16.0. The van der Waals surface area contributed by atoms with E-state index in [4.69, 9.17) is 19.9 Å². The van der Waals surface area contributed by atoms with E-state index in [1.54, 1.807) is 6.08 Å². The molecule has 146 valence electrons. The molecule has 2 aliphatic carbocycles. The summed E-state index contributed by atoms with van der Waals surface area (Å²) < 4.78 is 16.8. The average molecular weight is 388 g/mol. The molecule has 1 aromatic rings. The minimum atomic E-state index is -0.260. The number of hydrogen-bond acceptors (Lipinski definition) is 7. The van der Waals surface area contributed by atoms with Crippen LogP contribution in [0.4, 0.5) is 5.82 Å². The van der Waals surface area contributed by atoms with E-state index in [1.807, 2.05) is 18.2 Å². The van der Waals surface area contributed by atoms with Crippen LogP contribution in [0.25, 0.3) is 0 Å². The highest BCUT2D eigenvalue weighted by atomic mass is 16.7. The molecule has 2 atom stereocenters. The topological polar surface area (TPSA) is 114 Å². The lowest BCUT2D eigenvalue weighted by Crippen LogP contribution is -2.14. The predicted octanol–water partition coefficient (Wildman–Crippen LogP) is 3.57. The zero-order valence-electron chi connectivity index (χ0n) is 16.0. The van der Waals surface area contributed by atoms with Crippen LogP contribution in [0.15, 0.2) is 47.5 Å². The number of hydrogen-bond donors (Lipinski definition) is 1. The first-order chi connectivity index (χ1) is 14.1. The van der Waals surface area contributed by atoms with Crippen LogP contribution in [0.5, 0.6) is 5.88 Å². The van der Waals surface area contributed by atoms with Crippen LogP contribution in [0.2, 0.25) is 0 Å². The van der Waals surface area contributed by atoms with Crippen LogP contribution in [0.1, 0.15) is 42.4 Å². The van der Waals surface area contributed by atoms with E-state index in [-0.39, 0.29) is 35.5 Å². The minimum Gasteiger partial charge on any atom is -0.472 e. The lowest BCUT2D eigenvalue weighted by atomic mass is 9.85. The van der Waals surface area contributed by atoms with Crippen molar-refractivity contribution in [3.8, 4) is 18.0 Å². The van der Waals surface area contributed by atoms with Crippen LogP contribution in [0.3, 0.4) is 0 Å². The molecule has 2 unspecified atom stereocenters. The molecule has 4 rings (SSSR count). The van der Waals surface area contributed by atoms with Gasteiger partial charge >= 0.3 is 0 Å². The Bertz CT molecular complexity index is 1050. The van der Waals surface area contributed by atoms with Crippen molar-refractivity contribution in [2.75, 3.05) is 19.1 Å². The molecule has 0 fully saturated rings. The van der Waals surface area contributed by atoms with Crippen LogP contribution < -0.4 is 10.5 Å². The molecule has 0 saturated carbocycles. The Balaban J connectivity index is 1.68. The molecule has 0 radical (unpaired) electrons. The summed E-state index contributed by atoms with van der Waals surface area (Å²) in [7, 11) is 0. The summed E-state index contributed by atoms with van der Waals surface area (Å²) in [6.45, 7) is 2.62. The van der Waals surface area contributed by atoms with Gasteiger partial charge in [-0.05, 0) is 24.0 Å². The Hall–Kier alpha value is -3.71. The van der Waals surface area contributed by atoms with Crippen LogP contribution in [0, 0.1) is 28.6 Å². The Morgan fingerprint density at radius 3 is 2.79 bits per heavy atom. The van der Waals surface area contributed by atoms with Crippen LogP contribution in [-0.2, 0) is 9.47 Å². The first-order valence-corrected chi connectivity index (χ1v) is 9.40. The molecule has 7 nitrogen and oxygen atoms in total. The number of nitrogen functional groups attached to an aromatic ring is 1. The lowest BCUT2D eigenvalue weighted by Gasteiger charge is -2.21. The second-order valence-corrected chi connectivity index (χ2v) is 7.23. The van der Waals surface area contributed by atoms with E-state index in [0.717, 1.165) is 12.0 Å². The van der Waals surface area contributed by atoms with E-state index >= 15 is 0 Å². The lowest BCUT2D eigenvalue weighted by molar-refractivity contribution is 0.0725. The zero-order chi connectivity index (χ0) is 20.4. The summed E-state index contributed by atoms with van der Waals surface area (Å²) in [5.41, 5.74) is 8.11. The summed E-state index contributed by atoms with van der Waals surface area (Å²) in [6.07, 6.45) is 11.2. The summed E-state index contributed by atoms with van der Waals surface area (Å²) in [4.78, 5) is 4.21. The first-order valence-electron chi connectivity index (χ1n) is 9.40. The fourth-order valence-electron chi connectivity index (χ4n) is 3.79. The molecule has 0 aromatic carbocycles. The van der Waals surface area contributed by atoms with Crippen molar-refractivity contribution in [3.63, 3.8) is 0 Å². The van der Waals surface area contributed by atoms with Gasteiger partial charge < -0.3 is 19.9 Å². The summed E-state index contributed by atoms with van der Waals surface area (Å²) in [6, 6.07) is 4.27. The number of nitrogens with two attached hydrogens (primary N) is 1. The highest BCUT2D eigenvalue weighted by molar-refractivity contribution is 5.64. The quantitative estimate of drug-likeness (QED) is 0.838. The van der Waals surface area contributed by atoms with Crippen molar-refractivity contribution in [1.82, 2.24) is 4.98 Å². The van der Waals surface area contributed by atoms with Crippen LogP contribution >= 0.6 is 0 Å². The van der Waals surface area contributed by atoms with Gasteiger partial charge in [0, 0.05) is 17.9 Å². The number of pyridine rings is 1. The fraction of sp³-hybridized carbons (Fsp3) is 0.318. The van der Waals surface area contributed by atoms with Gasteiger partial charge in [-0.2, -0.15) is 15.5 Å². The van der Waals surface area contributed by atoms with Crippen molar-refractivity contribution in [2.24, 2.45) is 5.92 Å². The number of allylic oxidation sites excluding steroid dienone is 6. The van der Waals surface area contributed by atoms with E-state index in [2.05, 4.69) is 30.1 Å². The fourth-order valence-corrected chi connectivity index (χ4v) is 3.79. The number of nitrogens with zero attached hydrogens (tertiary/aromatic N) is 3. The SMILES string of the molecule is CC1C=CC=C(COc2nc(N)c(C#N)c(C3C=CC4=C(C3)OCO4)c2C#N)C1. The van der Waals surface area contributed by atoms with Crippen molar-refractivity contribution in [2.45, 2.75) is 25.7 Å². The molecular weight excluding hydrogens is 368 g/mol. The predicted molar refractivity (Wildman–Crippen MR) is 105 cm³/mol. The van der Waals surface area contributed by atoms with Crippen molar-refractivity contribution < 1.29 is 14.2 Å². The molecule has 0 spiro atoms. The standard InChI is InChI=1S/C22H20N4O3/c1-13-3-2-4-14(7-13)11-27-22-17(10-24)20(16(9-23)21(25)26-22)15-5-6-18-19(8-15)29-12-28-18/h2-6,13,15H,7-8,11-12H2,1H3,(H2,25,26). The Labute approximate surface area is 169 Å². The second kappa shape index (κ2) is 7.73. The van der Waals surface area contributed by atoms with Gasteiger partial charge in [-0.15, -0.1) is 0 Å². The molecule has 1 aliphatic heterocycles. The molecule has 0 bridgehead atoms. The second-order valence-electron chi connectivity index (χ2n) is 7.23. The third kappa shape index (κ3) is 3.55. The van der Waals surface area contributed by atoms with Gasteiger partial charge in [0.25, 0.3) is 0 Å². The van der Waals surface area contributed by atoms with Gasteiger partial charge in [0.15, 0.2) is 5.76 Å². The van der Waals surface area contributed by atoms with E-state index in [0.29, 0.717) is 36.0 Å². The third-order valence-corrected chi connectivity index (χ3v) is 5.18. The molecule has 29 heavy (non-hydrogen) atoms. The number of nitriles is 2. The average Bonchev–Trinajstić information content (AvgIpc) is 3.19. The van der Waals surface area contributed by atoms with Gasteiger partial charge in [0.05, 0.1) is 5.56 Å². The van der Waals surface area contributed by atoms with Gasteiger partial charge in [-0.25, -0.2) is 0 Å². The number of rotatable bonds is 4. The molecule has 7 heteroatoms. The van der Waals surface area contributed by atoms with Crippen LogP contribution in [-0.4, -0.2) is 18.4 Å². The molecule has 2 heterocycles.